The van der Waals surface area contributed by atoms with E-state index in [1.165, 1.54) is 64.6 Å². The molecule has 0 aliphatic rings. The Labute approximate surface area is 441 Å². The van der Waals surface area contributed by atoms with E-state index in [-0.39, 0.29) is 0 Å². The van der Waals surface area contributed by atoms with Crippen molar-refractivity contribution in [3.05, 3.63) is 291 Å². The first kappa shape index (κ1) is 43.4. The van der Waals surface area contributed by atoms with Crippen LogP contribution in [0.25, 0.3) is 64.6 Å². The predicted octanol–water partition coefficient (Wildman–Crippen LogP) is 20.8. The quantitative estimate of drug-likeness (QED) is 0.0893. The molecule has 0 radical (unpaired) electrons. The Morgan fingerprint density at radius 1 is 0.158 bits per heavy atom. The van der Waals surface area contributed by atoms with E-state index in [1.807, 2.05) is 0 Å². The van der Waals surface area contributed by atoms with Gasteiger partial charge in [-0.05, 0) is 143 Å². The van der Waals surface area contributed by atoms with Crippen LogP contribution in [0.1, 0.15) is 0 Å². The Morgan fingerprint density at radius 2 is 0.316 bits per heavy atom. The summed E-state index contributed by atoms with van der Waals surface area (Å²) in [5, 5.41) is 14.6. The zero-order valence-electron chi connectivity index (χ0n) is 41.5. The molecule has 0 aromatic heterocycles. The number of hydrogen-bond donors (Lipinski definition) is 0. The molecule has 0 saturated heterocycles. The SMILES string of the molecule is c1ccc(N(c2ccccc2)c2cc3cc(N(c4ccccc4)c4ccccc4)c4ccc5c(N(c6ccccc6)c6ccccc6)cc6cc(N(c7ccccc7)c7ccccc7)c7ccc2c2c3c4c5c6c72)cc1. The van der Waals surface area contributed by atoms with Crippen molar-refractivity contribution in [3.63, 3.8) is 0 Å². The van der Waals surface area contributed by atoms with Crippen molar-refractivity contribution in [2.75, 3.05) is 19.6 Å². The zero-order valence-corrected chi connectivity index (χ0v) is 41.5. The summed E-state index contributed by atoms with van der Waals surface area (Å²) in [6, 6.07) is 106. The third-order valence-electron chi connectivity index (χ3n) is 15.3. The molecule has 15 aromatic rings. The fourth-order valence-corrected chi connectivity index (χ4v) is 12.3. The number of rotatable bonds is 12. The molecule has 0 heterocycles. The van der Waals surface area contributed by atoms with Gasteiger partial charge in [-0.25, -0.2) is 0 Å². The minimum Gasteiger partial charge on any atom is -0.310 e. The van der Waals surface area contributed by atoms with Crippen LogP contribution in [0.5, 0.6) is 0 Å². The Bertz CT molecular complexity index is 3750. The van der Waals surface area contributed by atoms with E-state index in [4.69, 9.17) is 0 Å². The summed E-state index contributed by atoms with van der Waals surface area (Å²) in [4.78, 5) is 9.81. The van der Waals surface area contributed by atoms with Crippen LogP contribution in [0.4, 0.5) is 68.2 Å². The Balaban J connectivity index is 1.18. The maximum atomic E-state index is 2.47. The van der Waals surface area contributed by atoms with Gasteiger partial charge >= 0.3 is 0 Å². The smallest absolute Gasteiger partial charge is 0.0546 e. The predicted molar refractivity (Wildman–Crippen MR) is 324 cm³/mol. The molecule has 4 nitrogen and oxygen atoms in total. The number of anilines is 12. The van der Waals surface area contributed by atoms with Gasteiger partial charge in [0.1, 0.15) is 0 Å². The van der Waals surface area contributed by atoms with E-state index >= 15 is 0 Å². The molecule has 15 aromatic carbocycles. The van der Waals surface area contributed by atoms with Crippen molar-refractivity contribution in [2.24, 2.45) is 0 Å². The summed E-state index contributed by atoms with van der Waals surface area (Å²) < 4.78 is 0. The molecule has 356 valence electrons. The average molecular weight is 969 g/mol. The molecule has 0 N–H and O–H groups in total. The van der Waals surface area contributed by atoms with Crippen molar-refractivity contribution in [2.45, 2.75) is 0 Å². The molecular weight excluding hydrogens is 921 g/mol. The molecular formula is C72H48N4. The third-order valence-corrected chi connectivity index (χ3v) is 15.3. The molecule has 0 aliphatic heterocycles. The fraction of sp³-hybridized carbons (Fsp3) is 0. The van der Waals surface area contributed by atoms with E-state index in [9.17, 15) is 0 Å². The lowest BCUT2D eigenvalue weighted by Gasteiger charge is -2.34. The van der Waals surface area contributed by atoms with Crippen molar-refractivity contribution in [1.29, 1.82) is 0 Å². The Morgan fingerprint density at radius 3 is 0.474 bits per heavy atom. The van der Waals surface area contributed by atoms with Gasteiger partial charge in [-0.2, -0.15) is 0 Å². The minimum atomic E-state index is 1.09. The lowest BCUT2D eigenvalue weighted by atomic mass is 9.80. The molecule has 4 heteroatoms. The van der Waals surface area contributed by atoms with Gasteiger partial charge in [0.05, 0.1) is 22.7 Å². The van der Waals surface area contributed by atoms with E-state index in [0.29, 0.717) is 0 Å². The van der Waals surface area contributed by atoms with E-state index in [1.54, 1.807) is 0 Å². The van der Waals surface area contributed by atoms with Gasteiger partial charge in [-0.15, -0.1) is 0 Å². The standard InChI is InChI=1S/C72H48N4/c1-9-25-51(26-10-1)73(52-27-11-2-12-28-52)63-45-49-46-64(74(53-29-13-3-14-30-53)54-31-15-4-16-32-54)61-43-44-62-66(76(57-37-21-7-22-38-57)58-39-23-8-24-40-58)48-50-47-65(75(55-33-17-5-18-34-55)56-35-19-6-20-36-56)60-42-41-59(63)69-67(49)71(61)72(62)68(50)70(60)69/h1-48H. The monoisotopic (exact) mass is 968 g/mol. The molecule has 0 saturated carbocycles. The summed E-state index contributed by atoms with van der Waals surface area (Å²) >= 11 is 0. The van der Waals surface area contributed by atoms with Crippen molar-refractivity contribution in [1.82, 2.24) is 0 Å². The number of benzene rings is 15. The van der Waals surface area contributed by atoms with Crippen LogP contribution < -0.4 is 19.6 Å². The van der Waals surface area contributed by atoms with Crippen LogP contribution in [0.15, 0.2) is 291 Å². The molecule has 0 atom stereocenters. The largest absolute Gasteiger partial charge is 0.310 e. The maximum absolute atomic E-state index is 2.47. The van der Waals surface area contributed by atoms with Crippen LogP contribution in [-0.4, -0.2) is 0 Å². The lowest BCUT2D eigenvalue weighted by Crippen LogP contribution is -2.14. The first-order valence-electron chi connectivity index (χ1n) is 26.1. The highest BCUT2D eigenvalue weighted by atomic mass is 15.2. The van der Waals surface area contributed by atoms with Gasteiger partial charge in [-0.1, -0.05) is 170 Å². The number of hydrogen-bond acceptors (Lipinski definition) is 4. The first-order valence-corrected chi connectivity index (χ1v) is 26.1. The maximum Gasteiger partial charge on any atom is 0.0546 e. The number of para-hydroxylation sites is 8. The summed E-state index contributed by atoms with van der Waals surface area (Å²) in [6.07, 6.45) is 0. The van der Waals surface area contributed by atoms with Crippen LogP contribution in [-0.2, 0) is 0 Å². The molecule has 0 bridgehead atoms. The van der Waals surface area contributed by atoms with Gasteiger partial charge in [0.2, 0.25) is 0 Å². The molecule has 15 rings (SSSR count). The second-order valence-electron chi connectivity index (χ2n) is 19.6. The highest BCUT2D eigenvalue weighted by molar-refractivity contribution is 6.48. The minimum absolute atomic E-state index is 1.09. The van der Waals surface area contributed by atoms with Gasteiger partial charge < -0.3 is 19.6 Å². The van der Waals surface area contributed by atoms with E-state index in [2.05, 4.69) is 311 Å². The molecule has 0 unspecified atom stereocenters. The highest BCUT2D eigenvalue weighted by Gasteiger charge is 2.31. The Hall–Kier alpha value is -10.2. The van der Waals surface area contributed by atoms with Gasteiger partial charge in [0.25, 0.3) is 0 Å². The van der Waals surface area contributed by atoms with Crippen molar-refractivity contribution >= 4 is 133 Å². The Kier molecular flexibility index (Phi) is 10.2. The van der Waals surface area contributed by atoms with Gasteiger partial charge in [0.15, 0.2) is 0 Å². The third kappa shape index (κ3) is 6.85. The summed E-state index contributed by atoms with van der Waals surface area (Å²) in [5.74, 6) is 0. The molecule has 0 aliphatic carbocycles. The summed E-state index contributed by atoms with van der Waals surface area (Å²) in [6.45, 7) is 0. The summed E-state index contributed by atoms with van der Waals surface area (Å²) in [7, 11) is 0. The fourth-order valence-electron chi connectivity index (χ4n) is 12.3. The molecule has 76 heavy (non-hydrogen) atoms. The normalized spacial score (nSPS) is 11.7. The van der Waals surface area contributed by atoms with Crippen molar-refractivity contribution in [3.8, 4) is 0 Å². The van der Waals surface area contributed by atoms with Gasteiger partial charge in [0, 0.05) is 88.6 Å². The first-order chi connectivity index (χ1) is 37.8. The van der Waals surface area contributed by atoms with Crippen LogP contribution >= 0.6 is 0 Å². The van der Waals surface area contributed by atoms with Crippen LogP contribution in [0, 0.1) is 0 Å². The highest BCUT2D eigenvalue weighted by Crippen LogP contribution is 2.58. The molecule has 0 fully saturated rings. The zero-order chi connectivity index (χ0) is 50.1. The average Bonchev–Trinajstić information content (AvgIpc) is 3.61. The van der Waals surface area contributed by atoms with Gasteiger partial charge in [-0.3, -0.25) is 0 Å². The lowest BCUT2D eigenvalue weighted by molar-refractivity contribution is 1.29. The van der Waals surface area contributed by atoms with Crippen molar-refractivity contribution < 1.29 is 0 Å². The van der Waals surface area contributed by atoms with E-state index in [0.717, 1.165) is 68.2 Å². The molecule has 0 amide bonds. The second-order valence-corrected chi connectivity index (χ2v) is 19.6. The molecule has 0 spiro atoms. The van der Waals surface area contributed by atoms with E-state index < -0.39 is 0 Å². The topological polar surface area (TPSA) is 13.0 Å². The van der Waals surface area contributed by atoms with Crippen LogP contribution in [0.2, 0.25) is 0 Å². The number of nitrogens with zero attached hydrogens (tertiary/aromatic N) is 4. The van der Waals surface area contributed by atoms with Crippen LogP contribution in [0.3, 0.4) is 0 Å². The second kappa shape index (κ2) is 17.8. The summed E-state index contributed by atoms with van der Waals surface area (Å²) in [5.41, 5.74) is 13.2.